The lowest BCUT2D eigenvalue weighted by atomic mass is 10.1. The summed E-state index contributed by atoms with van der Waals surface area (Å²) in [7, 11) is 1.95. The number of rotatable bonds is 9. The second-order valence-corrected chi connectivity index (χ2v) is 5.86. The monoisotopic (exact) mass is 326 g/mol. The van der Waals surface area contributed by atoms with Crippen LogP contribution in [0.3, 0.4) is 0 Å². The molecule has 128 valence electrons. The highest BCUT2D eigenvalue weighted by Gasteiger charge is 2.10. The Labute approximate surface area is 144 Å². The van der Waals surface area contributed by atoms with E-state index in [-0.39, 0.29) is 5.91 Å². The van der Waals surface area contributed by atoms with Gasteiger partial charge in [0.1, 0.15) is 5.69 Å². The minimum absolute atomic E-state index is 0.143. The Morgan fingerprint density at radius 3 is 2.71 bits per heavy atom. The normalized spacial score (nSPS) is 10.4. The second kappa shape index (κ2) is 9.65. The zero-order valence-corrected chi connectivity index (χ0v) is 14.5. The van der Waals surface area contributed by atoms with E-state index in [2.05, 4.69) is 34.3 Å². The number of carbonyl (C=O) groups is 1. The van der Waals surface area contributed by atoms with Crippen molar-refractivity contribution in [3.05, 3.63) is 53.9 Å². The molecule has 0 aliphatic heterocycles. The van der Waals surface area contributed by atoms with Crippen molar-refractivity contribution in [1.82, 2.24) is 15.3 Å². The van der Waals surface area contributed by atoms with Crippen LogP contribution in [0.15, 0.2) is 42.6 Å². The quantitative estimate of drug-likeness (QED) is 0.720. The molecule has 1 N–H and O–H groups in total. The molecule has 0 aliphatic rings. The lowest BCUT2D eigenvalue weighted by Crippen LogP contribution is -2.27. The first-order chi connectivity index (χ1) is 11.7. The third-order valence-corrected chi connectivity index (χ3v) is 3.83. The summed E-state index contributed by atoms with van der Waals surface area (Å²) in [6.45, 7) is 3.67. The van der Waals surface area contributed by atoms with Crippen LogP contribution in [0.2, 0.25) is 0 Å². The van der Waals surface area contributed by atoms with Crippen LogP contribution < -0.4 is 10.2 Å². The Kier molecular flexibility index (Phi) is 7.21. The zero-order chi connectivity index (χ0) is 17.2. The molecular formula is C19H26N4O. The van der Waals surface area contributed by atoms with Gasteiger partial charge in [0.25, 0.3) is 5.91 Å². The number of aromatic nitrogens is 2. The molecule has 0 spiro atoms. The van der Waals surface area contributed by atoms with Crippen LogP contribution in [-0.2, 0) is 6.42 Å². The molecule has 1 aromatic carbocycles. The Morgan fingerprint density at radius 1 is 1.17 bits per heavy atom. The van der Waals surface area contributed by atoms with Gasteiger partial charge in [-0.25, -0.2) is 9.97 Å². The van der Waals surface area contributed by atoms with Crippen molar-refractivity contribution in [2.24, 2.45) is 0 Å². The minimum Gasteiger partial charge on any atom is -0.351 e. The maximum Gasteiger partial charge on any atom is 0.270 e. The maximum atomic E-state index is 12.2. The Morgan fingerprint density at radius 2 is 1.96 bits per heavy atom. The van der Waals surface area contributed by atoms with Crippen LogP contribution >= 0.6 is 0 Å². The molecule has 1 aromatic heterocycles. The van der Waals surface area contributed by atoms with E-state index in [1.54, 1.807) is 12.3 Å². The van der Waals surface area contributed by atoms with Gasteiger partial charge in [0.15, 0.2) is 0 Å². The Bertz CT molecular complexity index is 630. The van der Waals surface area contributed by atoms with Gasteiger partial charge in [-0.15, -0.1) is 0 Å². The molecule has 5 heteroatoms. The molecule has 0 bridgehead atoms. The standard InChI is InChI=1S/C19H26N4O/c1-3-4-15-23(2)19-21-14-12-17(22-19)18(24)20-13-8-11-16-9-6-5-7-10-16/h5-7,9-10,12,14H,3-4,8,11,13,15H2,1-2H3,(H,20,24). The van der Waals surface area contributed by atoms with Gasteiger partial charge in [-0.2, -0.15) is 0 Å². The molecule has 5 nitrogen and oxygen atoms in total. The molecule has 0 atom stereocenters. The highest BCUT2D eigenvalue weighted by atomic mass is 16.1. The van der Waals surface area contributed by atoms with Crippen molar-refractivity contribution in [2.45, 2.75) is 32.6 Å². The number of hydrogen-bond acceptors (Lipinski definition) is 4. The Balaban J connectivity index is 1.81. The summed E-state index contributed by atoms with van der Waals surface area (Å²) in [6.07, 6.45) is 5.70. The number of hydrogen-bond donors (Lipinski definition) is 1. The van der Waals surface area contributed by atoms with Crippen molar-refractivity contribution in [2.75, 3.05) is 25.0 Å². The van der Waals surface area contributed by atoms with E-state index in [9.17, 15) is 4.79 Å². The van der Waals surface area contributed by atoms with E-state index in [4.69, 9.17) is 0 Å². The third kappa shape index (κ3) is 5.65. The fourth-order valence-electron chi connectivity index (χ4n) is 2.38. The van der Waals surface area contributed by atoms with Crippen LogP contribution in [0.25, 0.3) is 0 Å². The predicted octanol–water partition coefficient (Wildman–Crippen LogP) is 3.08. The van der Waals surface area contributed by atoms with Crippen molar-refractivity contribution in [1.29, 1.82) is 0 Å². The Hall–Kier alpha value is -2.43. The van der Waals surface area contributed by atoms with Crippen LogP contribution in [0.1, 0.15) is 42.2 Å². The first kappa shape index (κ1) is 17.9. The van der Waals surface area contributed by atoms with Gasteiger partial charge < -0.3 is 10.2 Å². The number of amides is 1. The van der Waals surface area contributed by atoms with Gasteiger partial charge in [0.05, 0.1) is 0 Å². The number of nitrogens with one attached hydrogen (secondary N) is 1. The van der Waals surface area contributed by atoms with Crippen molar-refractivity contribution >= 4 is 11.9 Å². The van der Waals surface area contributed by atoms with Crippen molar-refractivity contribution < 1.29 is 4.79 Å². The molecule has 0 fully saturated rings. The number of benzene rings is 1. The molecule has 0 aliphatic carbocycles. The number of carbonyl (C=O) groups excluding carboxylic acids is 1. The van der Waals surface area contributed by atoms with Gasteiger partial charge in [0.2, 0.25) is 5.95 Å². The molecule has 1 heterocycles. The van der Waals surface area contributed by atoms with E-state index in [1.165, 1.54) is 5.56 Å². The molecule has 0 saturated heterocycles. The highest BCUT2D eigenvalue weighted by Crippen LogP contribution is 2.07. The number of nitrogens with zero attached hydrogens (tertiary/aromatic N) is 3. The van der Waals surface area contributed by atoms with E-state index < -0.39 is 0 Å². The number of unbranched alkanes of at least 4 members (excludes halogenated alkanes) is 1. The van der Waals surface area contributed by atoms with E-state index >= 15 is 0 Å². The second-order valence-electron chi connectivity index (χ2n) is 5.86. The summed E-state index contributed by atoms with van der Waals surface area (Å²) in [5.41, 5.74) is 1.71. The van der Waals surface area contributed by atoms with Crippen LogP contribution in [0.4, 0.5) is 5.95 Å². The maximum absolute atomic E-state index is 12.2. The van der Waals surface area contributed by atoms with E-state index in [0.717, 1.165) is 32.2 Å². The van der Waals surface area contributed by atoms with Gasteiger partial charge in [-0.1, -0.05) is 43.7 Å². The molecule has 1 amide bonds. The van der Waals surface area contributed by atoms with Gasteiger partial charge in [-0.05, 0) is 30.9 Å². The average Bonchev–Trinajstić information content (AvgIpc) is 2.64. The smallest absolute Gasteiger partial charge is 0.270 e. The summed E-state index contributed by atoms with van der Waals surface area (Å²) >= 11 is 0. The average molecular weight is 326 g/mol. The number of aryl methyl sites for hydroxylation is 1. The topological polar surface area (TPSA) is 58.1 Å². The summed E-state index contributed by atoms with van der Waals surface area (Å²) in [5.74, 6) is 0.455. The lowest BCUT2D eigenvalue weighted by Gasteiger charge is -2.16. The van der Waals surface area contributed by atoms with Gasteiger partial charge >= 0.3 is 0 Å². The molecule has 24 heavy (non-hydrogen) atoms. The minimum atomic E-state index is -0.143. The first-order valence-corrected chi connectivity index (χ1v) is 8.57. The highest BCUT2D eigenvalue weighted by molar-refractivity contribution is 5.92. The zero-order valence-electron chi connectivity index (χ0n) is 14.5. The van der Waals surface area contributed by atoms with E-state index in [0.29, 0.717) is 18.2 Å². The fraction of sp³-hybridized carbons (Fsp3) is 0.421. The van der Waals surface area contributed by atoms with Crippen LogP contribution in [0.5, 0.6) is 0 Å². The molecule has 0 unspecified atom stereocenters. The molecule has 2 rings (SSSR count). The van der Waals surface area contributed by atoms with E-state index in [1.807, 2.05) is 30.1 Å². The van der Waals surface area contributed by atoms with Crippen LogP contribution in [0, 0.1) is 0 Å². The van der Waals surface area contributed by atoms with Gasteiger partial charge in [-0.3, -0.25) is 4.79 Å². The summed E-state index contributed by atoms with van der Waals surface area (Å²) in [4.78, 5) is 22.8. The molecule has 0 saturated carbocycles. The summed E-state index contributed by atoms with van der Waals surface area (Å²) < 4.78 is 0. The number of anilines is 1. The van der Waals surface area contributed by atoms with Crippen molar-refractivity contribution in [3.63, 3.8) is 0 Å². The van der Waals surface area contributed by atoms with Crippen molar-refractivity contribution in [3.8, 4) is 0 Å². The van der Waals surface area contributed by atoms with Gasteiger partial charge in [0, 0.05) is 26.3 Å². The summed E-state index contributed by atoms with van der Waals surface area (Å²) in [5, 5.41) is 2.93. The largest absolute Gasteiger partial charge is 0.351 e. The SMILES string of the molecule is CCCCN(C)c1nccc(C(=O)NCCCc2ccccc2)n1. The lowest BCUT2D eigenvalue weighted by molar-refractivity contribution is 0.0948. The molecule has 0 radical (unpaired) electrons. The molecular weight excluding hydrogens is 300 g/mol. The third-order valence-electron chi connectivity index (χ3n) is 3.83. The fourth-order valence-corrected chi connectivity index (χ4v) is 2.38. The molecule has 2 aromatic rings. The predicted molar refractivity (Wildman–Crippen MR) is 97.3 cm³/mol. The van der Waals surface area contributed by atoms with Crippen LogP contribution in [-0.4, -0.2) is 36.0 Å². The first-order valence-electron chi connectivity index (χ1n) is 8.57. The summed E-state index contributed by atoms with van der Waals surface area (Å²) in [6, 6.07) is 11.9.